The summed E-state index contributed by atoms with van der Waals surface area (Å²) >= 11 is 1.53. The largest absolute Gasteiger partial charge is 0.468 e. The van der Waals surface area contributed by atoms with Crippen molar-refractivity contribution >= 4 is 29.5 Å². The molecule has 1 aromatic rings. The number of likely N-dealkylation sites (N-methyl/N-ethyl adjacent to an activating group) is 1. The molecule has 1 aliphatic rings. The van der Waals surface area contributed by atoms with Crippen LogP contribution in [-0.2, 0) is 20.9 Å². The van der Waals surface area contributed by atoms with Crippen molar-refractivity contribution in [1.29, 1.82) is 0 Å². The van der Waals surface area contributed by atoms with Gasteiger partial charge < -0.3 is 15.0 Å². The molecule has 0 saturated carbocycles. The van der Waals surface area contributed by atoms with E-state index in [4.69, 9.17) is 4.74 Å². The molecule has 2 amide bonds. The fraction of sp³-hybridized carbons (Fsp3) is 0.500. The first-order chi connectivity index (χ1) is 12.4. The Morgan fingerprint density at radius 3 is 2.62 bits per heavy atom. The average Bonchev–Trinajstić information content (AvgIpc) is 2.67. The van der Waals surface area contributed by atoms with Crippen LogP contribution in [0.15, 0.2) is 24.3 Å². The second-order valence-corrected chi connectivity index (χ2v) is 7.48. The highest BCUT2D eigenvalue weighted by molar-refractivity contribution is 8.00. The fourth-order valence-corrected chi connectivity index (χ4v) is 3.88. The number of carbonyl (C=O) groups is 3. The molecule has 1 saturated heterocycles. The molecule has 0 aromatic heterocycles. The molecule has 2 rings (SSSR count). The molecule has 0 bridgehead atoms. The van der Waals surface area contributed by atoms with E-state index in [1.165, 1.54) is 18.9 Å². The van der Waals surface area contributed by atoms with Gasteiger partial charge in [-0.3, -0.25) is 19.3 Å². The van der Waals surface area contributed by atoms with Gasteiger partial charge in [0, 0.05) is 38.0 Å². The summed E-state index contributed by atoms with van der Waals surface area (Å²) < 4.78 is 4.78. The van der Waals surface area contributed by atoms with Gasteiger partial charge in [-0.05, 0) is 24.7 Å². The summed E-state index contributed by atoms with van der Waals surface area (Å²) in [7, 11) is 4.84. The molecule has 1 N–H and O–H groups in total. The van der Waals surface area contributed by atoms with Crippen molar-refractivity contribution in [3.05, 3.63) is 35.4 Å². The van der Waals surface area contributed by atoms with E-state index in [0.29, 0.717) is 25.2 Å². The zero-order valence-corrected chi connectivity index (χ0v) is 16.2. The van der Waals surface area contributed by atoms with Gasteiger partial charge in [0.1, 0.15) is 5.25 Å². The van der Waals surface area contributed by atoms with Gasteiger partial charge in [0.2, 0.25) is 5.91 Å². The van der Waals surface area contributed by atoms with Crippen LogP contribution in [0, 0.1) is 0 Å². The molecule has 1 fully saturated rings. The Kier molecular flexibility index (Phi) is 7.47. The van der Waals surface area contributed by atoms with Crippen LogP contribution in [0.2, 0.25) is 0 Å². The first kappa shape index (κ1) is 20.3. The number of amides is 2. The molecule has 1 atom stereocenters. The maximum Gasteiger partial charge on any atom is 0.320 e. The van der Waals surface area contributed by atoms with Crippen LogP contribution < -0.4 is 5.32 Å². The Morgan fingerprint density at radius 2 is 2.00 bits per heavy atom. The molecule has 1 aliphatic heterocycles. The molecule has 8 heteroatoms. The minimum atomic E-state index is -0.305. The van der Waals surface area contributed by atoms with Gasteiger partial charge >= 0.3 is 5.97 Å². The highest BCUT2D eigenvalue weighted by atomic mass is 32.2. The molecule has 1 heterocycles. The fourth-order valence-electron chi connectivity index (χ4n) is 2.75. The summed E-state index contributed by atoms with van der Waals surface area (Å²) in [5.41, 5.74) is 1.63. The van der Waals surface area contributed by atoms with E-state index in [1.807, 2.05) is 24.1 Å². The monoisotopic (exact) mass is 379 g/mol. The molecule has 0 radical (unpaired) electrons. The third-order valence-corrected chi connectivity index (χ3v) is 5.35. The Bertz CT molecular complexity index is 650. The third-order valence-electron chi connectivity index (χ3n) is 4.18. The number of rotatable bonds is 6. The zero-order valence-electron chi connectivity index (χ0n) is 15.4. The van der Waals surface area contributed by atoms with Crippen LogP contribution in [0.5, 0.6) is 0 Å². The second kappa shape index (κ2) is 9.59. The van der Waals surface area contributed by atoms with Crippen LogP contribution in [0.25, 0.3) is 0 Å². The normalized spacial score (nSPS) is 17.1. The topological polar surface area (TPSA) is 79.0 Å². The molecule has 0 aliphatic carbocycles. The van der Waals surface area contributed by atoms with Gasteiger partial charge in [-0.15, -0.1) is 11.8 Å². The number of hydrogen-bond donors (Lipinski definition) is 1. The van der Waals surface area contributed by atoms with Gasteiger partial charge in [0.15, 0.2) is 0 Å². The molecular formula is C18H25N3O4S. The Balaban J connectivity index is 1.86. The van der Waals surface area contributed by atoms with Crippen molar-refractivity contribution in [2.24, 2.45) is 0 Å². The molecule has 7 nitrogen and oxygen atoms in total. The number of nitrogens with zero attached hydrogens (tertiary/aromatic N) is 2. The molecule has 26 heavy (non-hydrogen) atoms. The number of hydrogen-bond acceptors (Lipinski definition) is 6. The lowest BCUT2D eigenvalue weighted by atomic mass is 10.1. The van der Waals surface area contributed by atoms with E-state index < -0.39 is 0 Å². The van der Waals surface area contributed by atoms with Gasteiger partial charge in [-0.1, -0.05) is 12.1 Å². The lowest BCUT2D eigenvalue weighted by molar-refractivity contribution is -0.141. The number of methoxy groups -OCH3 is 1. The van der Waals surface area contributed by atoms with Crippen molar-refractivity contribution in [2.45, 2.75) is 11.8 Å². The van der Waals surface area contributed by atoms with Crippen LogP contribution in [0.1, 0.15) is 15.9 Å². The number of carbonyl (C=O) groups excluding carboxylic acids is 3. The summed E-state index contributed by atoms with van der Waals surface area (Å²) in [6.45, 7) is 1.91. The van der Waals surface area contributed by atoms with E-state index in [-0.39, 0.29) is 29.6 Å². The Labute approximate surface area is 158 Å². The van der Waals surface area contributed by atoms with Crippen molar-refractivity contribution in [1.82, 2.24) is 15.1 Å². The highest BCUT2D eigenvalue weighted by Crippen LogP contribution is 2.20. The zero-order chi connectivity index (χ0) is 19.1. The quantitative estimate of drug-likeness (QED) is 0.729. The molecule has 0 unspecified atom stereocenters. The number of ether oxygens (including phenoxy) is 1. The maximum absolute atomic E-state index is 12.5. The Hall–Kier alpha value is -2.06. The minimum absolute atomic E-state index is 0.00341. The summed E-state index contributed by atoms with van der Waals surface area (Å²) in [4.78, 5) is 39.4. The Morgan fingerprint density at radius 1 is 1.31 bits per heavy atom. The van der Waals surface area contributed by atoms with Crippen molar-refractivity contribution in [3.8, 4) is 0 Å². The maximum atomic E-state index is 12.5. The molecule has 0 spiro atoms. The predicted octanol–water partition coefficient (Wildman–Crippen LogP) is 0.595. The molecule has 1 aromatic carbocycles. The van der Waals surface area contributed by atoms with Gasteiger partial charge in [-0.2, -0.15) is 0 Å². The first-order valence-electron chi connectivity index (χ1n) is 8.41. The van der Waals surface area contributed by atoms with Crippen molar-refractivity contribution < 1.29 is 19.1 Å². The molecular weight excluding hydrogens is 354 g/mol. The molecule has 142 valence electrons. The van der Waals surface area contributed by atoms with E-state index in [0.717, 1.165) is 11.3 Å². The number of esters is 1. The predicted molar refractivity (Wildman–Crippen MR) is 101 cm³/mol. The summed E-state index contributed by atoms with van der Waals surface area (Å²) in [6.07, 6.45) is 0. The van der Waals surface area contributed by atoms with Crippen LogP contribution >= 0.6 is 11.8 Å². The van der Waals surface area contributed by atoms with Gasteiger partial charge in [0.25, 0.3) is 5.91 Å². The number of thioether (sulfide) groups is 1. The van der Waals surface area contributed by atoms with Crippen molar-refractivity contribution in [3.63, 3.8) is 0 Å². The highest BCUT2D eigenvalue weighted by Gasteiger charge is 2.29. The third kappa shape index (κ3) is 5.47. The van der Waals surface area contributed by atoms with E-state index in [1.54, 1.807) is 24.1 Å². The second-order valence-electron chi connectivity index (χ2n) is 6.17. The summed E-state index contributed by atoms with van der Waals surface area (Å²) in [5.74, 6) is 0.333. The standard InChI is InChI=1S/C18H25N3O4S/c1-19-17(23)14-6-4-13(5-7-14)10-20(2)12-16(22)21-8-9-26-15(11-21)18(24)25-3/h4-7,15H,8-12H2,1-3H3,(H,19,23)/t15-/m1/s1. The van der Waals surface area contributed by atoms with Crippen molar-refractivity contribution in [2.75, 3.05) is 46.6 Å². The SMILES string of the molecule is CNC(=O)c1ccc(CN(C)CC(=O)N2CCS[C@@H](C(=O)OC)C2)cc1. The van der Waals surface area contributed by atoms with E-state index in [9.17, 15) is 14.4 Å². The first-order valence-corrected chi connectivity index (χ1v) is 9.46. The lowest BCUT2D eigenvalue weighted by Crippen LogP contribution is -2.47. The van der Waals surface area contributed by atoms with Crippen LogP contribution in [0.3, 0.4) is 0 Å². The van der Waals surface area contributed by atoms with Crippen LogP contribution in [0.4, 0.5) is 0 Å². The average molecular weight is 379 g/mol. The van der Waals surface area contributed by atoms with Crippen LogP contribution in [-0.4, -0.2) is 79.4 Å². The van der Waals surface area contributed by atoms with E-state index in [2.05, 4.69) is 5.32 Å². The minimum Gasteiger partial charge on any atom is -0.468 e. The van der Waals surface area contributed by atoms with E-state index >= 15 is 0 Å². The van der Waals surface area contributed by atoms with Gasteiger partial charge in [-0.25, -0.2) is 0 Å². The number of benzene rings is 1. The lowest BCUT2D eigenvalue weighted by Gasteiger charge is -2.32. The smallest absolute Gasteiger partial charge is 0.320 e. The number of nitrogens with one attached hydrogen (secondary N) is 1. The van der Waals surface area contributed by atoms with Gasteiger partial charge in [0.05, 0.1) is 13.7 Å². The summed E-state index contributed by atoms with van der Waals surface area (Å²) in [6, 6.07) is 7.31. The summed E-state index contributed by atoms with van der Waals surface area (Å²) in [5, 5.41) is 2.28.